The highest BCUT2D eigenvalue weighted by Crippen LogP contribution is 2.10. The van der Waals surface area contributed by atoms with Crippen LogP contribution < -0.4 is 16.6 Å². The number of hydrogen-bond acceptors (Lipinski definition) is 5. The molecule has 0 atom stereocenters. The van der Waals surface area contributed by atoms with Gasteiger partial charge in [0.2, 0.25) is 0 Å². The predicted molar refractivity (Wildman–Crippen MR) is 61.2 cm³/mol. The lowest BCUT2D eigenvalue weighted by Gasteiger charge is -2.09. The van der Waals surface area contributed by atoms with Crippen molar-refractivity contribution in [2.45, 2.75) is 6.43 Å². The molecule has 0 aliphatic carbocycles. The summed E-state index contributed by atoms with van der Waals surface area (Å²) in [4.78, 5) is 15.5. The quantitative estimate of drug-likeness (QED) is 0.374. The first-order chi connectivity index (χ1) is 8.65. The van der Waals surface area contributed by atoms with Crippen LogP contribution in [-0.4, -0.2) is 37.1 Å². The second-order valence-electron chi connectivity index (χ2n) is 3.29. The first kappa shape index (κ1) is 14.3. The van der Waals surface area contributed by atoms with Crippen LogP contribution in [0, 0.1) is 0 Å². The van der Waals surface area contributed by atoms with Gasteiger partial charge in [-0.3, -0.25) is 15.6 Å². The Morgan fingerprint density at radius 3 is 3.00 bits per heavy atom. The minimum atomic E-state index is -2.51. The van der Waals surface area contributed by atoms with E-state index in [-0.39, 0.29) is 19.1 Å². The van der Waals surface area contributed by atoms with Crippen molar-refractivity contribution < 1.29 is 18.3 Å². The van der Waals surface area contributed by atoms with Gasteiger partial charge in [-0.2, -0.15) is 0 Å². The minimum Gasteiger partial charge on any atom is -0.374 e. The number of amides is 1. The standard InChI is InChI=1S/C10H14F2N4O2/c11-9(12)6-18-4-3-15-10(17)7-1-2-14-5-8(7)16-13/h1-2,5,9,16H,3-4,6,13H2,(H,15,17). The molecule has 0 fully saturated rings. The van der Waals surface area contributed by atoms with Crippen molar-refractivity contribution in [1.82, 2.24) is 10.3 Å². The normalized spacial score (nSPS) is 10.4. The number of anilines is 1. The van der Waals surface area contributed by atoms with E-state index in [9.17, 15) is 13.6 Å². The Labute approximate surface area is 102 Å². The summed E-state index contributed by atoms with van der Waals surface area (Å²) in [5.74, 6) is 4.84. The summed E-state index contributed by atoms with van der Waals surface area (Å²) < 4.78 is 28.1. The number of carbonyl (C=O) groups is 1. The molecule has 0 unspecified atom stereocenters. The number of carbonyl (C=O) groups excluding carboxylic acids is 1. The monoisotopic (exact) mass is 260 g/mol. The van der Waals surface area contributed by atoms with Gasteiger partial charge in [0.25, 0.3) is 12.3 Å². The van der Waals surface area contributed by atoms with E-state index in [2.05, 4.69) is 20.5 Å². The lowest BCUT2D eigenvalue weighted by Crippen LogP contribution is -2.29. The van der Waals surface area contributed by atoms with Crippen molar-refractivity contribution in [3.8, 4) is 0 Å². The molecular formula is C10H14F2N4O2. The zero-order valence-electron chi connectivity index (χ0n) is 9.53. The highest BCUT2D eigenvalue weighted by Gasteiger charge is 2.10. The van der Waals surface area contributed by atoms with Gasteiger partial charge >= 0.3 is 0 Å². The summed E-state index contributed by atoms with van der Waals surface area (Å²) in [7, 11) is 0. The van der Waals surface area contributed by atoms with Gasteiger partial charge in [0.1, 0.15) is 6.61 Å². The average molecular weight is 260 g/mol. The van der Waals surface area contributed by atoms with Crippen LogP contribution in [0.25, 0.3) is 0 Å². The molecule has 0 saturated heterocycles. The van der Waals surface area contributed by atoms with Gasteiger partial charge in [-0.25, -0.2) is 8.78 Å². The zero-order valence-corrected chi connectivity index (χ0v) is 9.53. The molecule has 0 radical (unpaired) electrons. The number of aromatic nitrogens is 1. The van der Waals surface area contributed by atoms with Crippen LogP contribution in [-0.2, 0) is 4.74 Å². The smallest absolute Gasteiger partial charge is 0.261 e. The average Bonchev–Trinajstić information content (AvgIpc) is 2.37. The van der Waals surface area contributed by atoms with E-state index in [0.29, 0.717) is 11.3 Å². The van der Waals surface area contributed by atoms with Gasteiger partial charge < -0.3 is 15.5 Å². The van der Waals surface area contributed by atoms with Crippen LogP contribution >= 0.6 is 0 Å². The van der Waals surface area contributed by atoms with Gasteiger partial charge in [-0.15, -0.1) is 0 Å². The van der Waals surface area contributed by atoms with Crippen molar-refractivity contribution in [2.24, 2.45) is 5.84 Å². The van der Waals surface area contributed by atoms with E-state index in [1.54, 1.807) is 0 Å². The third kappa shape index (κ3) is 4.60. The molecule has 0 aliphatic heterocycles. The molecule has 0 aliphatic rings. The third-order valence-corrected chi connectivity index (χ3v) is 2.00. The van der Waals surface area contributed by atoms with E-state index < -0.39 is 13.0 Å². The molecule has 18 heavy (non-hydrogen) atoms. The van der Waals surface area contributed by atoms with E-state index in [4.69, 9.17) is 5.84 Å². The molecule has 0 bridgehead atoms. The van der Waals surface area contributed by atoms with Crippen molar-refractivity contribution >= 4 is 11.6 Å². The van der Waals surface area contributed by atoms with Crippen molar-refractivity contribution in [1.29, 1.82) is 0 Å². The highest BCUT2D eigenvalue weighted by atomic mass is 19.3. The topological polar surface area (TPSA) is 89.3 Å². The summed E-state index contributed by atoms with van der Waals surface area (Å²) >= 11 is 0. The molecule has 6 nitrogen and oxygen atoms in total. The lowest BCUT2D eigenvalue weighted by atomic mass is 10.2. The Morgan fingerprint density at radius 2 is 2.33 bits per heavy atom. The van der Waals surface area contributed by atoms with E-state index in [1.165, 1.54) is 18.5 Å². The van der Waals surface area contributed by atoms with Gasteiger partial charge in [0.15, 0.2) is 0 Å². The first-order valence-electron chi connectivity index (χ1n) is 5.20. The Bertz CT molecular complexity index is 390. The SMILES string of the molecule is NNc1cnccc1C(=O)NCCOCC(F)F. The van der Waals surface area contributed by atoms with E-state index in [0.717, 1.165) is 0 Å². The predicted octanol–water partition coefficient (Wildman–Crippen LogP) is 0.379. The Hall–Kier alpha value is -1.80. The molecule has 1 heterocycles. The fraction of sp³-hybridized carbons (Fsp3) is 0.400. The fourth-order valence-corrected chi connectivity index (χ4v) is 1.21. The van der Waals surface area contributed by atoms with E-state index >= 15 is 0 Å². The number of hydrazine groups is 1. The maximum Gasteiger partial charge on any atom is 0.261 e. The Kier molecular flexibility index (Phi) is 5.95. The van der Waals surface area contributed by atoms with Crippen LogP contribution in [0.5, 0.6) is 0 Å². The third-order valence-electron chi connectivity index (χ3n) is 2.00. The number of nitrogens with zero attached hydrogens (tertiary/aromatic N) is 1. The molecule has 0 aromatic carbocycles. The van der Waals surface area contributed by atoms with Crippen molar-refractivity contribution in [3.63, 3.8) is 0 Å². The first-order valence-corrected chi connectivity index (χ1v) is 5.20. The highest BCUT2D eigenvalue weighted by molar-refractivity contribution is 5.99. The van der Waals surface area contributed by atoms with Gasteiger partial charge in [0.05, 0.1) is 24.1 Å². The number of rotatable bonds is 7. The maximum atomic E-state index is 11.7. The molecule has 1 amide bonds. The molecule has 1 aromatic heterocycles. The molecule has 100 valence electrons. The fourth-order valence-electron chi connectivity index (χ4n) is 1.21. The molecule has 1 aromatic rings. The second kappa shape index (κ2) is 7.51. The summed E-state index contributed by atoms with van der Waals surface area (Å²) in [6, 6.07) is 1.49. The van der Waals surface area contributed by atoms with Gasteiger partial charge in [0, 0.05) is 12.7 Å². The van der Waals surface area contributed by atoms with Crippen molar-refractivity contribution in [3.05, 3.63) is 24.0 Å². The molecule has 4 N–H and O–H groups in total. The Morgan fingerprint density at radius 1 is 1.56 bits per heavy atom. The van der Waals surface area contributed by atoms with Crippen LogP contribution in [0.15, 0.2) is 18.5 Å². The van der Waals surface area contributed by atoms with Crippen LogP contribution in [0.4, 0.5) is 14.5 Å². The largest absolute Gasteiger partial charge is 0.374 e. The number of pyridine rings is 1. The Balaban J connectivity index is 2.36. The number of hydrogen-bond donors (Lipinski definition) is 3. The lowest BCUT2D eigenvalue weighted by molar-refractivity contribution is 0.0188. The summed E-state index contributed by atoms with van der Waals surface area (Å²) in [5.41, 5.74) is 3.04. The summed E-state index contributed by atoms with van der Waals surface area (Å²) in [6.07, 6.45) is 0.347. The van der Waals surface area contributed by atoms with Gasteiger partial charge in [-0.1, -0.05) is 0 Å². The maximum absolute atomic E-state index is 11.7. The number of ether oxygens (including phenoxy) is 1. The molecule has 0 spiro atoms. The number of alkyl halides is 2. The number of halogens is 2. The molecule has 0 saturated carbocycles. The van der Waals surface area contributed by atoms with Crippen LogP contribution in [0.1, 0.15) is 10.4 Å². The molecular weight excluding hydrogens is 246 g/mol. The molecule has 1 rings (SSSR count). The number of nitrogen functional groups attached to an aromatic ring is 1. The van der Waals surface area contributed by atoms with E-state index in [1.807, 2.05) is 0 Å². The van der Waals surface area contributed by atoms with Gasteiger partial charge in [-0.05, 0) is 6.07 Å². The number of nitrogens with one attached hydrogen (secondary N) is 2. The van der Waals surface area contributed by atoms with Crippen LogP contribution in [0.2, 0.25) is 0 Å². The minimum absolute atomic E-state index is 0.0204. The van der Waals surface area contributed by atoms with Crippen molar-refractivity contribution in [2.75, 3.05) is 25.2 Å². The zero-order chi connectivity index (χ0) is 13.4. The molecule has 8 heteroatoms. The second-order valence-corrected chi connectivity index (χ2v) is 3.29. The summed E-state index contributed by atoms with van der Waals surface area (Å²) in [5, 5.41) is 2.52. The summed E-state index contributed by atoms with van der Waals surface area (Å²) in [6.45, 7) is -0.481. The number of nitrogens with two attached hydrogens (primary N) is 1. The van der Waals surface area contributed by atoms with Crippen LogP contribution in [0.3, 0.4) is 0 Å².